The fourth-order valence-corrected chi connectivity index (χ4v) is 7.13. The van der Waals surface area contributed by atoms with E-state index < -0.39 is 11.5 Å². The van der Waals surface area contributed by atoms with E-state index in [1.54, 1.807) is 24.3 Å². The molecule has 2 saturated heterocycles. The zero-order valence-corrected chi connectivity index (χ0v) is 24.8. The van der Waals surface area contributed by atoms with Crippen LogP contribution in [0.4, 0.5) is 0 Å². The van der Waals surface area contributed by atoms with Crippen molar-refractivity contribution in [2.75, 3.05) is 19.6 Å². The Balaban J connectivity index is 1.28. The third-order valence-corrected chi connectivity index (χ3v) is 9.70. The second kappa shape index (κ2) is 12.3. The van der Waals surface area contributed by atoms with Gasteiger partial charge in [0.2, 0.25) is 11.8 Å². The molecule has 0 radical (unpaired) electrons. The molecule has 0 unspecified atom stereocenters. The van der Waals surface area contributed by atoms with Crippen LogP contribution < -0.4 is 5.32 Å². The van der Waals surface area contributed by atoms with Gasteiger partial charge in [-0.3, -0.25) is 14.5 Å². The van der Waals surface area contributed by atoms with Crippen molar-refractivity contribution in [2.24, 2.45) is 5.92 Å². The first-order valence-electron chi connectivity index (χ1n) is 15.5. The Morgan fingerprint density at radius 3 is 2.39 bits per heavy atom. The van der Waals surface area contributed by atoms with E-state index in [1.807, 2.05) is 23.4 Å². The van der Waals surface area contributed by atoms with E-state index in [2.05, 4.69) is 17.1 Å². The van der Waals surface area contributed by atoms with Crippen LogP contribution in [0.2, 0.25) is 0 Å². The lowest BCUT2D eigenvalue weighted by Gasteiger charge is -2.52. The highest BCUT2D eigenvalue weighted by Gasteiger charge is 2.53. The number of piperidine rings is 1. The van der Waals surface area contributed by atoms with Gasteiger partial charge in [0.05, 0.1) is 16.9 Å². The van der Waals surface area contributed by atoms with Crippen LogP contribution in [0.1, 0.15) is 98.4 Å². The number of carboxylic acids is 1. The summed E-state index contributed by atoms with van der Waals surface area (Å²) >= 11 is 0. The molecule has 1 saturated carbocycles. The molecular formula is C32H45N5O4. The highest BCUT2D eigenvalue weighted by molar-refractivity contribution is 6.00. The molecule has 5 rings (SSSR count). The van der Waals surface area contributed by atoms with Crippen molar-refractivity contribution in [1.29, 1.82) is 0 Å². The fourth-order valence-electron chi connectivity index (χ4n) is 7.13. The van der Waals surface area contributed by atoms with Gasteiger partial charge in [-0.2, -0.15) is 5.10 Å². The molecule has 0 bridgehead atoms. The molecule has 2 N–H and O–H groups in total. The highest BCUT2D eigenvalue weighted by atomic mass is 16.4. The fraction of sp³-hybridized carbons (Fsp3) is 0.625. The predicted molar refractivity (Wildman–Crippen MR) is 157 cm³/mol. The van der Waals surface area contributed by atoms with Gasteiger partial charge in [0.15, 0.2) is 0 Å². The molecule has 9 heteroatoms. The van der Waals surface area contributed by atoms with E-state index in [4.69, 9.17) is 5.10 Å². The number of unbranched alkanes of at least 4 members (excludes halogenated alkanes) is 1. The number of piperazine rings is 1. The van der Waals surface area contributed by atoms with Crippen LogP contribution in [-0.2, 0) is 16.1 Å². The number of aromatic carboxylic acids is 1. The number of hydrogen-bond donors (Lipinski definition) is 2. The van der Waals surface area contributed by atoms with Crippen molar-refractivity contribution < 1.29 is 19.5 Å². The summed E-state index contributed by atoms with van der Waals surface area (Å²) in [6, 6.07) is 6.37. The maximum Gasteiger partial charge on any atom is 0.335 e. The summed E-state index contributed by atoms with van der Waals surface area (Å²) in [7, 11) is 0. The number of benzene rings is 1. The molecule has 2 aliphatic heterocycles. The lowest BCUT2D eigenvalue weighted by molar-refractivity contribution is -0.162. The zero-order chi connectivity index (χ0) is 29.1. The number of carbonyl (C=O) groups is 3. The number of nitrogens with zero attached hydrogens (tertiary/aromatic N) is 4. The molecule has 3 heterocycles. The molecule has 9 nitrogen and oxygen atoms in total. The second-order valence-corrected chi connectivity index (χ2v) is 12.3. The van der Waals surface area contributed by atoms with Crippen molar-refractivity contribution in [1.82, 2.24) is 24.9 Å². The Morgan fingerprint density at radius 2 is 1.76 bits per heavy atom. The van der Waals surface area contributed by atoms with E-state index in [0.717, 1.165) is 74.4 Å². The molecule has 1 spiro atoms. The van der Waals surface area contributed by atoms with Crippen LogP contribution in [0.15, 0.2) is 24.3 Å². The Hall–Kier alpha value is -3.20. The summed E-state index contributed by atoms with van der Waals surface area (Å²) in [5.41, 5.74) is 3.41. The van der Waals surface area contributed by atoms with Crippen molar-refractivity contribution in [2.45, 2.75) is 103 Å². The molecule has 3 aliphatic rings. The van der Waals surface area contributed by atoms with E-state index in [-0.39, 0.29) is 23.4 Å². The summed E-state index contributed by atoms with van der Waals surface area (Å²) in [6.45, 7) is 9.00. The van der Waals surface area contributed by atoms with Crippen molar-refractivity contribution in [3.8, 4) is 5.69 Å². The van der Waals surface area contributed by atoms with Gasteiger partial charge in [-0.15, -0.1) is 0 Å². The summed E-state index contributed by atoms with van der Waals surface area (Å²) in [4.78, 5) is 43.2. The number of carboxylic acid groups (broad SMARTS) is 1. The third kappa shape index (κ3) is 5.92. The van der Waals surface area contributed by atoms with Crippen LogP contribution in [-0.4, -0.2) is 73.7 Å². The number of aryl methyl sites for hydroxylation is 1. The first-order valence-corrected chi connectivity index (χ1v) is 15.5. The molecule has 1 atom stereocenters. The summed E-state index contributed by atoms with van der Waals surface area (Å²) in [5.74, 6) is -0.253. The van der Waals surface area contributed by atoms with E-state index in [0.29, 0.717) is 25.3 Å². The van der Waals surface area contributed by atoms with Gasteiger partial charge < -0.3 is 15.3 Å². The van der Waals surface area contributed by atoms with Crippen molar-refractivity contribution in [3.05, 3.63) is 46.8 Å². The normalized spacial score (nSPS) is 21.8. The Morgan fingerprint density at radius 1 is 1.07 bits per heavy atom. The van der Waals surface area contributed by atoms with Crippen LogP contribution in [0, 0.1) is 19.8 Å². The summed E-state index contributed by atoms with van der Waals surface area (Å²) < 4.78 is 1.87. The van der Waals surface area contributed by atoms with E-state index in [9.17, 15) is 19.5 Å². The van der Waals surface area contributed by atoms with Crippen LogP contribution in [0.5, 0.6) is 0 Å². The highest BCUT2D eigenvalue weighted by Crippen LogP contribution is 2.36. The van der Waals surface area contributed by atoms with Gasteiger partial charge in [-0.05, 0) is 69.7 Å². The van der Waals surface area contributed by atoms with Gasteiger partial charge in [-0.25, -0.2) is 9.48 Å². The molecule has 222 valence electrons. The summed E-state index contributed by atoms with van der Waals surface area (Å²) in [5, 5.41) is 17.2. The van der Waals surface area contributed by atoms with Gasteiger partial charge in [-0.1, -0.05) is 45.4 Å². The molecule has 1 aromatic carbocycles. The largest absolute Gasteiger partial charge is 0.478 e. The topological polar surface area (TPSA) is 108 Å². The molecule has 2 aromatic rings. The molecule has 3 fully saturated rings. The Kier molecular flexibility index (Phi) is 8.82. The summed E-state index contributed by atoms with van der Waals surface area (Å²) in [6.07, 6.45) is 10.0. The van der Waals surface area contributed by atoms with Crippen LogP contribution >= 0.6 is 0 Å². The minimum absolute atomic E-state index is 0.0404. The van der Waals surface area contributed by atoms with Crippen LogP contribution in [0.3, 0.4) is 0 Å². The maximum absolute atomic E-state index is 13.8. The number of nitrogens with one attached hydrogen (secondary N) is 1. The molecule has 41 heavy (non-hydrogen) atoms. The standard InChI is InChI=1S/C32H45N5O4/c1-4-5-17-36-29(38)28(20-24-9-7-6-8-10-24)33-31(41)32(36)15-18-35(19-16-32)21-27-22(2)34-37(23(27)3)26-13-11-25(12-14-26)30(39)40/h11-14,24,28H,4-10,15-21H2,1-3H3,(H,33,41)(H,39,40)/t28-/m0/s1. The minimum atomic E-state index is -0.949. The first kappa shape index (κ1) is 29.3. The van der Waals surface area contributed by atoms with Gasteiger partial charge in [0, 0.05) is 37.4 Å². The van der Waals surface area contributed by atoms with Crippen molar-refractivity contribution in [3.63, 3.8) is 0 Å². The van der Waals surface area contributed by atoms with Crippen LogP contribution in [0.25, 0.3) is 5.69 Å². The smallest absolute Gasteiger partial charge is 0.335 e. The van der Waals surface area contributed by atoms with Gasteiger partial charge >= 0.3 is 5.97 Å². The quantitative estimate of drug-likeness (QED) is 0.461. The number of aromatic nitrogens is 2. The maximum atomic E-state index is 13.8. The SMILES string of the molecule is CCCCN1C(=O)[C@H](CC2CCCCC2)NC(=O)C12CCN(Cc1c(C)nn(-c3ccc(C(=O)O)cc3)c1C)CC2. The number of amides is 2. The van der Waals surface area contributed by atoms with Gasteiger partial charge in [0.25, 0.3) is 0 Å². The minimum Gasteiger partial charge on any atom is -0.478 e. The first-order chi connectivity index (χ1) is 19.7. The molecule has 1 aliphatic carbocycles. The Labute approximate surface area is 243 Å². The van der Waals surface area contributed by atoms with E-state index >= 15 is 0 Å². The Bertz CT molecular complexity index is 1260. The molecule has 2 amide bonds. The third-order valence-electron chi connectivity index (χ3n) is 9.70. The number of carbonyl (C=O) groups excluding carboxylic acids is 2. The average Bonchev–Trinajstić information content (AvgIpc) is 3.26. The lowest BCUT2D eigenvalue weighted by Crippen LogP contribution is -2.73. The van der Waals surface area contributed by atoms with Gasteiger partial charge in [0.1, 0.15) is 11.6 Å². The number of hydrogen-bond acceptors (Lipinski definition) is 5. The zero-order valence-electron chi connectivity index (χ0n) is 24.8. The number of likely N-dealkylation sites (tertiary alicyclic amines) is 1. The monoisotopic (exact) mass is 563 g/mol. The van der Waals surface area contributed by atoms with Crippen molar-refractivity contribution >= 4 is 17.8 Å². The average molecular weight is 564 g/mol. The van der Waals surface area contributed by atoms with E-state index in [1.165, 1.54) is 19.3 Å². The number of rotatable bonds is 9. The predicted octanol–water partition coefficient (Wildman–Crippen LogP) is 4.62. The lowest BCUT2D eigenvalue weighted by atomic mass is 9.79. The molecular weight excluding hydrogens is 518 g/mol. The second-order valence-electron chi connectivity index (χ2n) is 12.3. The molecule has 1 aromatic heterocycles.